The van der Waals surface area contributed by atoms with Crippen LogP contribution in [-0.2, 0) is 4.79 Å². The fraction of sp³-hybridized carbons (Fsp3) is 0.250. The van der Waals surface area contributed by atoms with Crippen LogP contribution in [-0.4, -0.2) is 39.2 Å². The first-order valence-electron chi connectivity index (χ1n) is 8.63. The van der Waals surface area contributed by atoms with Crippen LogP contribution in [0, 0.1) is 5.82 Å². The smallest absolute Gasteiger partial charge is 0.226 e. The number of nitrogens with zero attached hydrogens (tertiary/aromatic N) is 4. The van der Waals surface area contributed by atoms with Crippen molar-refractivity contribution in [1.82, 2.24) is 19.7 Å². The molecule has 0 aliphatic rings. The third-order valence-corrected chi connectivity index (χ3v) is 4.43. The van der Waals surface area contributed by atoms with Crippen LogP contribution in [0.1, 0.15) is 24.9 Å². The molecule has 0 N–H and O–H groups in total. The van der Waals surface area contributed by atoms with Gasteiger partial charge in [0.05, 0.1) is 24.8 Å². The third kappa shape index (κ3) is 4.69. The third-order valence-electron chi connectivity index (χ3n) is 4.43. The van der Waals surface area contributed by atoms with Gasteiger partial charge in [0.1, 0.15) is 24.2 Å². The minimum absolute atomic E-state index is 0.0232. The van der Waals surface area contributed by atoms with Gasteiger partial charge < -0.3 is 9.64 Å². The molecular formula is C20H21FN4O2. The molecule has 1 aromatic heterocycles. The number of rotatable bonds is 7. The first-order valence-corrected chi connectivity index (χ1v) is 8.63. The number of benzene rings is 2. The predicted molar refractivity (Wildman–Crippen MR) is 99.1 cm³/mol. The van der Waals surface area contributed by atoms with Gasteiger partial charge in [0, 0.05) is 7.05 Å². The Hall–Kier alpha value is -3.22. The van der Waals surface area contributed by atoms with Gasteiger partial charge in [-0.15, -0.1) is 0 Å². The molecule has 1 unspecified atom stereocenters. The Balaban J connectivity index is 1.53. The summed E-state index contributed by atoms with van der Waals surface area (Å²) in [5.74, 6) is 0.204. The molecule has 0 saturated heterocycles. The quantitative estimate of drug-likeness (QED) is 0.641. The second-order valence-electron chi connectivity index (χ2n) is 6.16. The normalized spacial score (nSPS) is 11.8. The second-order valence-corrected chi connectivity index (χ2v) is 6.16. The maximum atomic E-state index is 12.9. The zero-order valence-electron chi connectivity index (χ0n) is 15.2. The SMILES string of the molecule is CC(c1ccc(-n2cncn2)cc1)N(C)C(=O)CCOc1ccc(F)cc1. The predicted octanol–water partition coefficient (Wildman–Crippen LogP) is 3.39. The van der Waals surface area contributed by atoms with Crippen LogP contribution in [0.15, 0.2) is 61.2 Å². The van der Waals surface area contributed by atoms with Gasteiger partial charge in [-0.2, -0.15) is 5.10 Å². The topological polar surface area (TPSA) is 60.2 Å². The molecule has 0 fully saturated rings. The standard InChI is InChI=1S/C20H21FN4O2/c1-15(16-3-7-18(8-4-16)25-14-22-13-23-25)24(2)20(26)11-12-27-19-9-5-17(21)6-10-19/h3-10,13-15H,11-12H2,1-2H3. The van der Waals surface area contributed by atoms with Gasteiger partial charge in [-0.1, -0.05) is 12.1 Å². The van der Waals surface area contributed by atoms with Crippen LogP contribution >= 0.6 is 0 Å². The van der Waals surface area contributed by atoms with Gasteiger partial charge in [0.25, 0.3) is 0 Å². The van der Waals surface area contributed by atoms with Crippen LogP contribution in [0.5, 0.6) is 5.75 Å². The fourth-order valence-electron chi connectivity index (χ4n) is 2.65. The maximum Gasteiger partial charge on any atom is 0.226 e. The monoisotopic (exact) mass is 368 g/mol. The summed E-state index contributed by atoms with van der Waals surface area (Å²) < 4.78 is 20.0. The summed E-state index contributed by atoms with van der Waals surface area (Å²) in [6.07, 6.45) is 3.36. The van der Waals surface area contributed by atoms with Crippen LogP contribution in [0.2, 0.25) is 0 Å². The van der Waals surface area contributed by atoms with Crippen molar-refractivity contribution in [3.8, 4) is 11.4 Å². The van der Waals surface area contributed by atoms with E-state index in [0.717, 1.165) is 11.3 Å². The van der Waals surface area contributed by atoms with Crippen molar-refractivity contribution in [3.05, 3.63) is 72.6 Å². The molecule has 1 heterocycles. The minimum Gasteiger partial charge on any atom is -0.493 e. The minimum atomic E-state index is -0.318. The van der Waals surface area contributed by atoms with E-state index in [9.17, 15) is 9.18 Å². The van der Waals surface area contributed by atoms with E-state index in [4.69, 9.17) is 4.74 Å². The number of carbonyl (C=O) groups excluding carboxylic acids is 1. The highest BCUT2D eigenvalue weighted by molar-refractivity contribution is 5.76. The van der Waals surface area contributed by atoms with Gasteiger partial charge in [-0.25, -0.2) is 14.1 Å². The Morgan fingerprint density at radius 2 is 1.89 bits per heavy atom. The lowest BCUT2D eigenvalue weighted by atomic mass is 10.1. The average molecular weight is 368 g/mol. The van der Waals surface area contributed by atoms with E-state index in [1.54, 1.807) is 35.1 Å². The molecule has 0 aliphatic heterocycles. The Morgan fingerprint density at radius 3 is 2.52 bits per heavy atom. The van der Waals surface area contributed by atoms with Gasteiger partial charge in [0.2, 0.25) is 5.91 Å². The molecule has 0 spiro atoms. The van der Waals surface area contributed by atoms with Crippen molar-refractivity contribution in [2.45, 2.75) is 19.4 Å². The molecule has 140 valence electrons. The molecule has 27 heavy (non-hydrogen) atoms. The van der Waals surface area contributed by atoms with Crippen molar-refractivity contribution in [3.63, 3.8) is 0 Å². The van der Waals surface area contributed by atoms with Crippen LogP contribution in [0.3, 0.4) is 0 Å². The van der Waals surface area contributed by atoms with E-state index in [2.05, 4.69) is 10.1 Å². The average Bonchev–Trinajstić information content (AvgIpc) is 3.23. The highest BCUT2D eigenvalue weighted by Gasteiger charge is 2.17. The summed E-state index contributed by atoms with van der Waals surface area (Å²) in [6, 6.07) is 13.5. The molecule has 2 aromatic carbocycles. The Kier molecular flexibility index (Phi) is 5.80. The summed E-state index contributed by atoms with van der Waals surface area (Å²) in [7, 11) is 1.77. The lowest BCUT2D eigenvalue weighted by molar-refractivity contribution is -0.132. The number of amides is 1. The summed E-state index contributed by atoms with van der Waals surface area (Å²) >= 11 is 0. The van der Waals surface area contributed by atoms with Crippen molar-refractivity contribution >= 4 is 5.91 Å². The van der Waals surface area contributed by atoms with E-state index < -0.39 is 0 Å². The number of ether oxygens (including phenoxy) is 1. The lowest BCUT2D eigenvalue weighted by Crippen LogP contribution is -2.30. The van der Waals surface area contributed by atoms with Gasteiger partial charge >= 0.3 is 0 Å². The molecule has 0 aliphatic carbocycles. The number of hydrogen-bond donors (Lipinski definition) is 0. The maximum absolute atomic E-state index is 12.9. The summed E-state index contributed by atoms with van der Waals surface area (Å²) in [4.78, 5) is 18.0. The summed E-state index contributed by atoms with van der Waals surface area (Å²) in [6.45, 7) is 2.22. The highest BCUT2D eigenvalue weighted by Crippen LogP contribution is 2.21. The van der Waals surface area contributed by atoms with Crippen molar-refractivity contribution in [1.29, 1.82) is 0 Å². The molecule has 0 saturated carbocycles. The molecule has 3 rings (SSSR count). The molecule has 1 atom stereocenters. The number of carbonyl (C=O) groups is 1. The van der Waals surface area contributed by atoms with Gasteiger partial charge in [-0.3, -0.25) is 4.79 Å². The zero-order valence-corrected chi connectivity index (χ0v) is 15.2. The molecule has 0 radical (unpaired) electrons. The summed E-state index contributed by atoms with van der Waals surface area (Å²) in [5, 5.41) is 4.09. The second kappa shape index (κ2) is 8.44. The zero-order chi connectivity index (χ0) is 19.2. The van der Waals surface area contributed by atoms with Crippen LogP contribution in [0.4, 0.5) is 4.39 Å². The van der Waals surface area contributed by atoms with Gasteiger partial charge in [-0.05, 0) is 48.9 Å². The molecule has 3 aromatic rings. The molecule has 1 amide bonds. The van der Waals surface area contributed by atoms with E-state index in [-0.39, 0.29) is 30.8 Å². The molecule has 0 bridgehead atoms. The Bertz CT molecular complexity index is 864. The Morgan fingerprint density at radius 1 is 1.19 bits per heavy atom. The van der Waals surface area contributed by atoms with Gasteiger partial charge in [0.15, 0.2) is 0 Å². The number of halogens is 1. The van der Waals surface area contributed by atoms with Crippen molar-refractivity contribution < 1.29 is 13.9 Å². The lowest BCUT2D eigenvalue weighted by Gasteiger charge is -2.25. The first kappa shape index (κ1) is 18.6. The fourth-order valence-corrected chi connectivity index (χ4v) is 2.65. The number of hydrogen-bond acceptors (Lipinski definition) is 4. The van der Waals surface area contributed by atoms with Crippen molar-refractivity contribution in [2.75, 3.05) is 13.7 Å². The van der Waals surface area contributed by atoms with Crippen LogP contribution in [0.25, 0.3) is 5.69 Å². The molecule has 7 heteroatoms. The van der Waals surface area contributed by atoms with E-state index in [0.29, 0.717) is 5.75 Å². The van der Waals surface area contributed by atoms with E-state index in [1.807, 2.05) is 31.2 Å². The summed E-state index contributed by atoms with van der Waals surface area (Å²) in [5.41, 5.74) is 1.93. The Labute approximate surface area is 157 Å². The number of aromatic nitrogens is 3. The van der Waals surface area contributed by atoms with E-state index >= 15 is 0 Å². The van der Waals surface area contributed by atoms with Crippen LogP contribution < -0.4 is 4.74 Å². The largest absolute Gasteiger partial charge is 0.493 e. The first-order chi connectivity index (χ1) is 13.0. The van der Waals surface area contributed by atoms with E-state index in [1.165, 1.54) is 18.5 Å². The highest BCUT2D eigenvalue weighted by atomic mass is 19.1. The molecule has 6 nitrogen and oxygen atoms in total. The van der Waals surface area contributed by atoms with Crippen molar-refractivity contribution in [2.24, 2.45) is 0 Å². The molecular weight excluding hydrogens is 347 g/mol.